The molecule has 1 unspecified atom stereocenters. The number of pyridine rings is 1. The predicted octanol–water partition coefficient (Wildman–Crippen LogP) is 3.25. The molecule has 0 aliphatic rings. The number of aliphatic imine (C=N–C) groups is 1. The van der Waals surface area contributed by atoms with Gasteiger partial charge in [-0.15, -0.1) is 12.6 Å². The molecule has 1 atom stereocenters. The molecule has 0 fully saturated rings. The Labute approximate surface area is 143 Å². The average molecular weight is 338 g/mol. The molecule has 1 heterocycles. The van der Waals surface area contributed by atoms with Crippen LogP contribution in [0, 0.1) is 5.92 Å². The van der Waals surface area contributed by atoms with Gasteiger partial charge in [0.05, 0.1) is 11.4 Å². The Balaban J connectivity index is 2.91. The van der Waals surface area contributed by atoms with E-state index >= 15 is 0 Å². The van der Waals surface area contributed by atoms with Crippen molar-refractivity contribution in [2.45, 2.75) is 32.8 Å². The van der Waals surface area contributed by atoms with E-state index in [4.69, 9.17) is 9.47 Å². The molecular formula is C17H26N2O3S. The highest BCUT2D eigenvalue weighted by molar-refractivity contribution is 7.80. The first-order valence-electron chi connectivity index (χ1n) is 7.49. The Morgan fingerprint density at radius 3 is 2.65 bits per heavy atom. The van der Waals surface area contributed by atoms with Crippen LogP contribution in [0.4, 0.5) is 0 Å². The SMILES string of the molecule is C=C(N=C(OCS)C(C)CCOC)c1ccc(C(C)(C)O)nc1. The second kappa shape index (κ2) is 9.05. The van der Waals surface area contributed by atoms with Gasteiger partial charge in [-0.05, 0) is 32.4 Å². The number of thiol groups is 1. The number of rotatable bonds is 8. The zero-order valence-electron chi connectivity index (χ0n) is 14.2. The van der Waals surface area contributed by atoms with Crippen LogP contribution in [-0.2, 0) is 15.1 Å². The van der Waals surface area contributed by atoms with Gasteiger partial charge in [0.1, 0.15) is 11.5 Å². The lowest BCUT2D eigenvalue weighted by atomic mass is 10.0. The van der Waals surface area contributed by atoms with E-state index in [0.29, 0.717) is 23.9 Å². The van der Waals surface area contributed by atoms with Crippen LogP contribution >= 0.6 is 12.6 Å². The van der Waals surface area contributed by atoms with Gasteiger partial charge in [0.2, 0.25) is 0 Å². The summed E-state index contributed by atoms with van der Waals surface area (Å²) in [6.07, 6.45) is 2.45. The van der Waals surface area contributed by atoms with Gasteiger partial charge in [0.15, 0.2) is 5.90 Å². The minimum absolute atomic E-state index is 0.0995. The summed E-state index contributed by atoms with van der Waals surface area (Å²) >= 11 is 4.10. The summed E-state index contributed by atoms with van der Waals surface area (Å²) in [5.41, 5.74) is 0.953. The van der Waals surface area contributed by atoms with E-state index in [1.807, 2.05) is 13.0 Å². The van der Waals surface area contributed by atoms with Crippen molar-refractivity contribution in [3.05, 3.63) is 36.2 Å². The van der Waals surface area contributed by atoms with Crippen LogP contribution in [0.3, 0.4) is 0 Å². The third-order valence-corrected chi connectivity index (χ3v) is 3.49. The highest BCUT2D eigenvalue weighted by atomic mass is 32.1. The quantitative estimate of drug-likeness (QED) is 0.330. The van der Waals surface area contributed by atoms with Gasteiger partial charge in [-0.1, -0.05) is 13.5 Å². The van der Waals surface area contributed by atoms with Crippen LogP contribution in [0.15, 0.2) is 29.9 Å². The summed E-state index contributed by atoms with van der Waals surface area (Å²) in [7, 11) is 1.66. The fraction of sp³-hybridized carbons (Fsp3) is 0.529. The molecule has 0 aliphatic heterocycles. The number of ether oxygens (including phenoxy) is 2. The maximum atomic E-state index is 9.94. The number of aliphatic hydroxyl groups is 1. The van der Waals surface area contributed by atoms with E-state index in [9.17, 15) is 5.11 Å². The van der Waals surface area contributed by atoms with E-state index in [1.54, 1.807) is 33.2 Å². The van der Waals surface area contributed by atoms with Crippen molar-refractivity contribution >= 4 is 24.2 Å². The number of aromatic nitrogens is 1. The molecule has 6 heteroatoms. The molecule has 1 N–H and O–H groups in total. The molecule has 0 saturated heterocycles. The van der Waals surface area contributed by atoms with Crippen LogP contribution in [0.5, 0.6) is 0 Å². The van der Waals surface area contributed by atoms with Crippen molar-refractivity contribution in [2.24, 2.45) is 10.9 Å². The van der Waals surface area contributed by atoms with Gasteiger partial charge in [0.25, 0.3) is 0 Å². The molecule has 0 saturated carbocycles. The van der Waals surface area contributed by atoms with Crippen molar-refractivity contribution < 1.29 is 14.6 Å². The van der Waals surface area contributed by atoms with Crippen LogP contribution in [0.1, 0.15) is 38.4 Å². The average Bonchev–Trinajstić information content (AvgIpc) is 2.51. The minimum Gasteiger partial charge on any atom is -0.470 e. The predicted molar refractivity (Wildman–Crippen MR) is 96.5 cm³/mol. The van der Waals surface area contributed by atoms with Gasteiger partial charge < -0.3 is 14.6 Å². The smallest absolute Gasteiger partial charge is 0.192 e. The summed E-state index contributed by atoms with van der Waals surface area (Å²) in [4.78, 5) is 8.74. The van der Waals surface area contributed by atoms with Crippen molar-refractivity contribution in [1.29, 1.82) is 0 Å². The molecule has 0 amide bonds. The first kappa shape index (κ1) is 19.7. The van der Waals surface area contributed by atoms with Crippen LogP contribution in [0.25, 0.3) is 5.70 Å². The lowest BCUT2D eigenvalue weighted by Crippen LogP contribution is -2.17. The molecule has 1 rings (SSSR count). The highest BCUT2D eigenvalue weighted by Crippen LogP contribution is 2.21. The summed E-state index contributed by atoms with van der Waals surface area (Å²) in [5, 5.41) is 9.94. The maximum Gasteiger partial charge on any atom is 0.192 e. The van der Waals surface area contributed by atoms with E-state index in [-0.39, 0.29) is 11.9 Å². The lowest BCUT2D eigenvalue weighted by Gasteiger charge is -2.17. The van der Waals surface area contributed by atoms with Crippen molar-refractivity contribution in [3.8, 4) is 0 Å². The molecule has 128 valence electrons. The van der Waals surface area contributed by atoms with Gasteiger partial charge in [-0.3, -0.25) is 4.98 Å². The summed E-state index contributed by atoms with van der Waals surface area (Å²) in [6, 6.07) is 3.60. The van der Waals surface area contributed by atoms with Crippen molar-refractivity contribution in [1.82, 2.24) is 4.98 Å². The lowest BCUT2D eigenvalue weighted by molar-refractivity contribution is 0.0738. The van der Waals surface area contributed by atoms with Gasteiger partial charge in [0, 0.05) is 31.4 Å². The second-order valence-corrected chi connectivity index (χ2v) is 6.10. The number of hydrogen-bond acceptors (Lipinski definition) is 6. The molecule has 23 heavy (non-hydrogen) atoms. The van der Waals surface area contributed by atoms with E-state index in [2.05, 4.69) is 29.2 Å². The third kappa shape index (κ3) is 6.33. The monoisotopic (exact) mass is 338 g/mol. The standard InChI is InChI=1S/C17H26N2O3S/c1-12(8-9-21-5)16(22-11-23)19-13(2)14-6-7-15(18-10-14)17(3,4)20/h6-7,10,12,20,23H,2,8-9,11H2,1,3-5H3. The third-order valence-electron chi connectivity index (χ3n) is 3.36. The molecule has 1 aromatic heterocycles. The Hall–Kier alpha value is -1.37. The molecule has 1 aromatic rings. The molecule has 0 aromatic carbocycles. The van der Waals surface area contributed by atoms with Crippen molar-refractivity contribution in [2.75, 3.05) is 19.7 Å². The molecule has 0 bridgehead atoms. The fourth-order valence-electron chi connectivity index (χ4n) is 1.89. The van der Waals surface area contributed by atoms with E-state index in [0.717, 1.165) is 12.0 Å². The fourth-order valence-corrected chi connectivity index (χ4v) is 2.03. The second-order valence-electron chi connectivity index (χ2n) is 5.84. The number of nitrogens with zero attached hydrogens (tertiary/aromatic N) is 2. The normalized spacial score (nSPS) is 13.7. The topological polar surface area (TPSA) is 63.9 Å². The molecule has 0 radical (unpaired) electrons. The van der Waals surface area contributed by atoms with Crippen LogP contribution in [-0.4, -0.2) is 35.6 Å². The van der Waals surface area contributed by atoms with Gasteiger partial charge in [-0.2, -0.15) is 0 Å². The molecule has 5 nitrogen and oxygen atoms in total. The zero-order chi connectivity index (χ0) is 17.5. The summed E-state index contributed by atoms with van der Waals surface area (Å²) in [5.74, 6) is 0.926. The van der Waals surface area contributed by atoms with E-state index < -0.39 is 5.60 Å². The van der Waals surface area contributed by atoms with Crippen LogP contribution in [0.2, 0.25) is 0 Å². The highest BCUT2D eigenvalue weighted by Gasteiger charge is 2.18. The summed E-state index contributed by atoms with van der Waals surface area (Å²) < 4.78 is 10.6. The van der Waals surface area contributed by atoms with Crippen LogP contribution < -0.4 is 0 Å². The van der Waals surface area contributed by atoms with E-state index in [1.165, 1.54) is 0 Å². The van der Waals surface area contributed by atoms with Gasteiger partial charge in [-0.25, -0.2) is 4.99 Å². The minimum atomic E-state index is -0.974. The Morgan fingerprint density at radius 1 is 1.48 bits per heavy atom. The Bertz CT molecular complexity index is 536. The molecular weight excluding hydrogens is 312 g/mol. The number of hydrogen-bond donors (Lipinski definition) is 2. The summed E-state index contributed by atoms with van der Waals surface area (Å²) in [6.45, 7) is 10.0. The largest absolute Gasteiger partial charge is 0.470 e. The molecule has 0 spiro atoms. The van der Waals surface area contributed by atoms with Crippen molar-refractivity contribution in [3.63, 3.8) is 0 Å². The first-order chi connectivity index (χ1) is 10.8. The molecule has 0 aliphatic carbocycles. The van der Waals surface area contributed by atoms with Gasteiger partial charge >= 0.3 is 0 Å². The first-order valence-corrected chi connectivity index (χ1v) is 8.12. The number of methoxy groups -OCH3 is 1. The zero-order valence-corrected chi connectivity index (χ0v) is 15.1. The Morgan fingerprint density at radius 2 is 2.17 bits per heavy atom. The maximum absolute atomic E-state index is 9.94. The Kier molecular flexibility index (Phi) is 7.75.